The van der Waals surface area contributed by atoms with E-state index < -0.39 is 6.10 Å². The fraction of sp³-hybridized carbons (Fsp3) is 0.500. The Morgan fingerprint density at radius 3 is 2.40 bits per heavy atom. The number of aliphatic hydroxyl groups excluding tert-OH is 1. The van der Waals surface area contributed by atoms with Crippen LogP contribution in [0, 0.1) is 11.2 Å². The van der Waals surface area contributed by atoms with Gasteiger partial charge >= 0.3 is 0 Å². The Labute approximate surface area is 89.7 Å². The van der Waals surface area contributed by atoms with Crippen LogP contribution >= 0.6 is 0 Å². The second-order valence-electron chi connectivity index (χ2n) is 4.65. The van der Waals surface area contributed by atoms with Crippen LogP contribution in [0.1, 0.15) is 32.4 Å². The Bertz CT molecular complexity index is 342. The van der Waals surface area contributed by atoms with Crippen molar-refractivity contribution in [2.24, 2.45) is 5.41 Å². The third kappa shape index (κ3) is 2.69. The smallest absolute Gasteiger partial charge is 0.124 e. The number of aliphatic hydroxyl groups is 1. The van der Waals surface area contributed by atoms with Crippen molar-refractivity contribution in [1.82, 2.24) is 0 Å². The van der Waals surface area contributed by atoms with Gasteiger partial charge in [-0.2, -0.15) is 0 Å². The van der Waals surface area contributed by atoms with Crippen LogP contribution in [0.3, 0.4) is 0 Å². The van der Waals surface area contributed by atoms with Gasteiger partial charge in [0.25, 0.3) is 0 Å². The number of halogens is 1. The summed E-state index contributed by atoms with van der Waals surface area (Å²) in [6.45, 7) is 5.67. The van der Waals surface area contributed by atoms with Crippen LogP contribution in [0.2, 0.25) is 0 Å². The van der Waals surface area contributed by atoms with Gasteiger partial charge in [0.2, 0.25) is 0 Å². The fourth-order valence-electron chi connectivity index (χ4n) is 1.39. The van der Waals surface area contributed by atoms with Crippen LogP contribution in [0.4, 0.5) is 4.39 Å². The minimum absolute atomic E-state index is 0.346. The Kier molecular flexibility index (Phi) is 3.35. The highest BCUT2D eigenvalue weighted by atomic mass is 19.1. The molecule has 0 aliphatic carbocycles. The molecule has 1 N–H and O–H groups in total. The van der Waals surface area contributed by atoms with E-state index in [0.717, 1.165) is 0 Å². The first-order valence-corrected chi connectivity index (χ1v) is 4.87. The summed E-state index contributed by atoms with van der Waals surface area (Å²) in [5.74, 6) is 0.146. The molecule has 1 aromatic carbocycles. The molecule has 1 rings (SSSR count). The predicted molar refractivity (Wildman–Crippen MR) is 57.4 cm³/mol. The molecular weight excluding hydrogens is 195 g/mol. The highest BCUT2D eigenvalue weighted by molar-refractivity contribution is 5.36. The molecule has 3 heteroatoms. The van der Waals surface area contributed by atoms with E-state index in [-0.39, 0.29) is 11.2 Å². The summed E-state index contributed by atoms with van der Waals surface area (Å²) in [5.41, 5.74) is 0.145. The zero-order valence-electron chi connectivity index (χ0n) is 9.54. The standard InChI is InChI=1S/C12H17FO2/c1-12(2,3)11(14)9-7-8(13)5-6-10(9)15-4/h5-7,11,14H,1-4H3. The third-order valence-electron chi connectivity index (χ3n) is 2.31. The first-order valence-electron chi connectivity index (χ1n) is 4.87. The van der Waals surface area contributed by atoms with Crippen molar-refractivity contribution in [3.8, 4) is 5.75 Å². The lowest BCUT2D eigenvalue weighted by molar-refractivity contribution is 0.0601. The van der Waals surface area contributed by atoms with Crippen LogP contribution in [0.15, 0.2) is 18.2 Å². The lowest BCUT2D eigenvalue weighted by Crippen LogP contribution is -2.18. The Morgan fingerprint density at radius 1 is 1.33 bits per heavy atom. The second kappa shape index (κ2) is 4.19. The number of benzene rings is 1. The van der Waals surface area contributed by atoms with Gasteiger partial charge in [-0.3, -0.25) is 0 Å². The van der Waals surface area contributed by atoms with Crippen molar-refractivity contribution < 1.29 is 14.2 Å². The summed E-state index contributed by atoms with van der Waals surface area (Å²) >= 11 is 0. The SMILES string of the molecule is COc1ccc(F)cc1C(O)C(C)(C)C. The summed E-state index contributed by atoms with van der Waals surface area (Å²) in [4.78, 5) is 0. The average Bonchev–Trinajstić information content (AvgIpc) is 2.15. The van der Waals surface area contributed by atoms with Gasteiger partial charge in [-0.05, 0) is 23.6 Å². The highest BCUT2D eigenvalue weighted by Gasteiger charge is 2.26. The molecule has 1 aromatic rings. The second-order valence-corrected chi connectivity index (χ2v) is 4.65. The van der Waals surface area contributed by atoms with Gasteiger partial charge in [-0.15, -0.1) is 0 Å². The van der Waals surface area contributed by atoms with Crippen LogP contribution in [0.5, 0.6) is 5.75 Å². The normalized spacial score (nSPS) is 13.7. The molecule has 0 saturated carbocycles. The maximum Gasteiger partial charge on any atom is 0.124 e. The summed E-state index contributed by atoms with van der Waals surface area (Å²) in [6, 6.07) is 4.16. The molecule has 0 saturated heterocycles. The maximum absolute atomic E-state index is 13.1. The average molecular weight is 212 g/mol. The van der Waals surface area contributed by atoms with Crippen molar-refractivity contribution >= 4 is 0 Å². The molecule has 0 heterocycles. The van der Waals surface area contributed by atoms with Crippen molar-refractivity contribution in [2.75, 3.05) is 7.11 Å². The van der Waals surface area contributed by atoms with Crippen LogP contribution < -0.4 is 4.74 Å². The van der Waals surface area contributed by atoms with Crippen molar-refractivity contribution in [1.29, 1.82) is 0 Å². The van der Waals surface area contributed by atoms with Gasteiger partial charge in [0.05, 0.1) is 13.2 Å². The number of methoxy groups -OCH3 is 1. The topological polar surface area (TPSA) is 29.5 Å². The van der Waals surface area contributed by atoms with E-state index in [1.54, 1.807) is 0 Å². The summed E-state index contributed by atoms with van der Waals surface area (Å²) in [7, 11) is 1.51. The molecule has 15 heavy (non-hydrogen) atoms. The Hall–Kier alpha value is -1.09. The molecule has 0 radical (unpaired) electrons. The van der Waals surface area contributed by atoms with Crippen LogP contribution in [0.25, 0.3) is 0 Å². The zero-order chi connectivity index (χ0) is 11.6. The molecule has 0 aliphatic heterocycles. The van der Waals surface area contributed by atoms with Crippen LogP contribution in [-0.2, 0) is 0 Å². The van der Waals surface area contributed by atoms with Crippen molar-refractivity contribution in [3.05, 3.63) is 29.6 Å². The quantitative estimate of drug-likeness (QED) is 0.816. The minimum atomic E-state index is -0.747. The van der Waals surface area contributed by atoms with Crippen molar-refractivity contribution in [2.45, 2.75) is 26.9 Å². The van der Waals surface area contributed by atoms with E-state index in [0.29, 0.717) is 11.3 Å². The third-order valence-corrected chi connectivity index (χ3v) is 2.31. The van der Waals surface area contributed by atoms with Gasteiger partial charge in [-0.25, -0.2) is 4.39 Å². The fourth-order valence-corrected chi connectivity index (χ4v) is 1.39. The molecule has 0 aliphatic rings. The van der Waals surface area contributed by atoms with Crippen molar-refractivity contribution in [3.63, 3.8) is 0 Å². The number of ether oxygens (including phenoxy) is 1. The lowest BCUT2D eigenvalue weighted by atomic mass is 9.84. The number of hydrogen-bond donors (Lipinski definition) is 1. The van der Waals surface area contributed by atoms with Gasteiger partial charge < -0.3 is 9.84 Å². The van der Waals surface area contributed by atoms with E-state index in [1.807, 2.05) is 20.8 Å². The van der Waals surface area contributed by atoms with E-state index in [4.69, 9.17) is 4.74 Å². The Morgan fingerprint density at radius 2 is 1.93 bits per heavy atom. The van der Waals surface area contributed by atoms with E-state index in [2.05, 4.69) is 0 Å². The first-order chi connectivity index (χ1) is 6.86. The molecule has 0 bridgehead atoms. The lowest BCUT2D eigenvalue weighted by Gasteiger charge is -2.27. The van der Waals surface area contributed by atoms with Gasteiger partial charge in [0, 0.05) is 5.56 Å². The maximum atomic E-state index is 13.1. The monoisotopic (exact) mass is 212 g/mol. The van der Waals surface area contributed by atoms with Gasteiger partial charge in [-0.1, -0.05) is 20.8 Å². The molecule has 0 spiro atoms. The number of hydrogen-bond acceptors (Lipinski definition) is 2. The molecule has 2 nitrogen and oxygen atoms in total. The summed E-state index contributed by atoms with van der Waals surface area (Å²) < 4.78 is 18.2. The zero-order valence-corrected chi connectivity index (χ0v) is 9.54. The highest BCUT2D eigenvalue weighted by Crippen LogP contribution is 2.37. The van der Waals surface area contributed by atoms with E-state index in [9.17, 15) is 9.50 Å². The predicted octanol–water partition coefficient (Wildman–Crippen LogP) is 2.91. The molecule has 84 valence electrons. The Balaban J connectivity index is 3.17. The molecule has 0 fully saturated rings. The summed E-state index contributed by atoms with van der Waals surface area (Å²) in [6.07, 6.45) is -0.747. The largest absolute Gasteiger partial charge is 0.496 e. The molecule has 0 amide bonds. The number of rotatable bonds is 2. The minimum Gasteiger partial charge on any atom is -0.496 e. The van der Waals surface area contributed by atoms with Crippen LogP contribution in [-0.4, -0.2) is 12.2 Å². The van der Waals surface area contributed by atoms with E-state index >= 15 is 0 Å². The molecular formula is C12H17FO2. The summed E-state index contributed by atoms with van der Waals surface area (Å²) in [5, 5.41) is 10.0. The van der Waals surface area contributed by atoms with Gasteiger partial charge in [0.15, 0.2) is 0 Å². The van der Waals surface area contributed by atoms with E-state index in [1.165, 1.54) is 25.3 Å². The van der Waals surface area contributed by atoms with Gasteiger partial charge in [0.1, 0.15) is 11.6 Å². The molecule has 0 aromatic heterocycles. The molecule has 1 unspecified atom stereocenters. The first kappa shape index (κ1) is 12.0. The molecule has 1 atom stereocenters.